The average molecular weight is 398 g/mol. The second-order valence-electron chi connectivity index (χ2n) is 7.00. The molecular formula is C20H21FN5O3+. The Kier molecular flexibility index (Phi) is 5.48. The number of hydrogen-bond donors (Lipinski definition) is 1. The van der Waals surface area contributed by atoms with E-state index in [4.69, 9.17) is 4.42 Å². The Morgan fingerprint density at radius 2 is 1.79 bits per heavy atom. The van der Waals surface area contributed by atoms with Crippen molar-refractivity contribution in [3.05, 3.63) is 70.7 Å². The minimum atomic E-state index is -0.709. The number of hydrogen-bond acceptors (Lipinski definition) is 5. The maximum atomic E-state index is 13.0. The van der Waals surface area contributed by atoms with E-state index in [1.807, 2.05) is 12.1 Å². The minimum absolute atomic E-state index is 0.0643. The van der Waals surface area contributed by atoms with Crippen LogP contribution in [0.2, 0.25) is 0 Å². The second kappa shape index (κ2) is 8.36. The highest BCUT2D eigenvalue weighted by atomic mass is 19.1. The highest BCUT2D eigenvalue weighted by Gasteiger charge is 2.25. The van der Waals surface area contributed by atoms with Crippen LogP contribution in [0.4, 0.5) is 4.39 Å². The van der Waals surface area contributed by atoms with Crippen LogP contribution in [0.25, 0.3) is 11.5 Å². The smallest absolute Gasteiger partial charge is 0.388 e. The number of nitrogens with one attached hydrogen (secondary N) is 1. The van der Waals surface area contributed by atoms with E-state index in [-0.39, 0.29) is 18.3 Å². The number of benzene rings is 1. The fraction of sp³-hybridized carbons (Fsp3) is 0.300. The first kappa shape index (κ1) is 19.0. The number of quaternary nitrogens is 1. The Labute approximate surface area is 166 Å². The van der Waals surface area contributed by atoms with Crippen LogP contribution < -0.4 is 10.7 Å². The first-order chi connectivity index (χ1) is 14.1. The molecule has 2 aromatic heterocycles. The average Bonchev–Trinajstić information content (AvgIpc) is 3.10. The predicted molar refractivity (Wildman–Crippen MR) is 101 cm³/mol. The summed E-state index contributed by atoms with van der Waals surface area (Å²) in [5, 5.41) is 4.07. The van der Waals surface area contributed by atoms with Gasteiger partial charge in [-0.1, -0.05) is 0 Å². The number of carbonyl (C=O) groups excluding carboxylic acids is 1. The summed E-state index contributed by atoms with van der Waals surface area (Å²) in [5.74, 6) is -1.21. The van der Waals surface area contributed by atoms with Crippen molar-refractivity contribution < 1.29 is 18.5 Å². The first-order valence-electron chi connectivity index (χ1n) is 9.42. The first-order valence-corrected chi connectivity index (χ1v) is 9.42. The van der Waals surface area contributed by atoms with Gasteiger partial charge >= 0.3 is 5.76 Å². The zero-order valence-electron chi connectivity index (χ0n) is 15.8. The Hall–Kier alpha value is -3.33. The van der Waals surface area contributed by atoms with E-state index >= 15 is 0 Å². The van der Waals surface area contributed by atoms with E-state index in [1.54, 1.807) is 17.3 Å². The summed E-state index contributed by atoms with van der Waals surface area (Å²) in [4.78, 5) is 31.8. The van der Waals surface area contributed by atoms with Gasteiger partial charge < -0.3 is 14.2 Å². The third-order valence-electron chi connectivity index (χ3n) is 5.01. The normalized spacial score (nSPS) is 14.9. The van der Waals surface area contributed by atoms with Gasteiger partial charge in [0.15, 0.2) is 0 Å². The molecule has 1 saturated heterocycles. The molecule has 3 aromatic rings. The van der Waals surface area contributed by atoms with Gasteiger partial charge in [0.05, 0.1) is 26.2 Å². The van der Waals surface area contributed by atoms with Gasteiger partial charge in [0.25, 0.3) is 0 Å². The number of nitrogens with zero attached hydrogens (tertiary/aromatic N) is 4. The molecule has 1 amide bonds. The molecule has 0 spiro atoms. The summed E-state index contributed by atoms with van der Waals surface area (Å²) >= 11 is 0. The van der Waals surface area contributed by atoms with Crippen LogP contribution in [0.1, 0.15) is 5.56 Å². The molecule has 8 nitrogen and oxygen atoms in total. The number of aromatic nitrogens is 3. The van der Waals surface area contributed by atoms with Crippen molar-refractivity contribution in [2.45, 2.75) is 13.1 Å². The Morgan fingerprint density at radius 1 is 1.10 bits per heavy atom. The zero-order valence-corrected chi connectivity index (χ0v) is 15.8. The molecule has 1 aromatic carbocycles. The van der Waals surface area contributed by atoms with E-state index in [1.165, 1.54) is 34.7 Å². The second-order valence-corrected chi connectivity index (χ2v) is 7.00. The maximum Gasteiger partial charge on any atom is 0.437 e. The minimum Gasteiger partial charge on any atom is -0.388 e. The van der Waals surface area contributed by atoms with E-state index in [0.29, 0.717) is 18.7 Å². The third-order valence-corrected chi connectivity index (χ3v) is 5.01. The lowest BCUT2D eigenvalue weighted by Crippen LogP contribution is -3.13. The van der Waals surface area contributed by atoms with Gasteiger partial charge in [0.2, 0.25) is 11.8 Å². The van der Waals surface area contributed by atoms with Gasteiger partial charge in [-0.15, -0.1) is 5.10 Å². The number of carbonyl (C=O) groups is 1. The van der Waals surface area contributed by atoms with Crippen LogP contribution >= 0.6 is 0 Å². The van der Waals surface area contributed by atoms with Crippen LogP contribution in [0.5, 0.6) is 0 Å². The Balaban J connectivity index is 1.34. The topological polar surface area (TPSA) is 85.7 Å². The molecule has 0 aliphatic carbocycles. The van der Waals surface area contributed by atoms with Gasteiger partial charge in [0.1, 0.15) is 18.9 Å². The largest absolute Gasteiger partial charge is 0.437 e. The summed E-state index contributed by atoms with van der Waals surface area (Å²) in [7, 11) is 0. The molecule has 1 N–H and O–H groups in total. The van der Waals surface area contributed by atoms with Crippen molar-refractivity contribution in [2.24, 2.45) is 0 Å². The number of amides is 1. The molecule has 1 fully saturated rings. The zero-order chi connectivity index (χ0) is 20.2. The van der Waals surface area contributed by atoms with Crippen molar-refractivity contribution in [3.8, 4) is 11.5 Å². The quantitative estimate of drug-likeness (QED) is 0.652. The maximum absolute atomic E-state index is 13.0. The monoisotopic (exact) mass is 398 g/mol. The summed E-state index contributed by atoms with van der Waals surface area (Å²) < 4.78 is 19.2. The van der Waals surface area contributed by atoms with E-state index in [9.17, 15) is 14.0 Å². The molecule has 0 atom stereocenters. The van der Waals surface area contributed by atoms with Crippen LogP contribution in [-0.2, 0) is 17.9 Å². The summed E-state index contributed by atoms with van der Waals surface area (Å²) in [6, 6.07) is 9.45. The molecule has 0 saturated carbocycles. The fourth-order valence-electron chi connectivity index (χ4n) is 3.38. The third kappa shape index (κ3) is 4.57. The fourth-order valence-corrected chi connectivity index (χ4v) is 3.38. The van der Waals surface area contributed by atoms with Gasteiger partial charge in [0, 0.05) is 23.5 Å². The summed E-state index contributed by atoms with van der Waals surface area (Å²) in [6.07, 6.45) is 3.56. The molecule has 0 bridgehead atoms. The van der Waals surface area contributed by atoms with E-state index in [2.05, 4.69) is 10.1 Å². The molecule has 29 heavy (non-hydrogen) atoms. The van der Waals surface area contributed by atoms with E-state index in [0.717, 1.165) is 24.3 Å². The van der Waals surface area contributed by atoms with Crippen molar-refractivity contribution >= 4 is 5.91 Å². The molecular weight excluding hydrogens is 377 g/mol. The standard InChI is InChI=1S/C20H20FN5O3/c21-17-3-1-16(2-4-17)19-23-26(20(28)29-19)14-18(27)25-11-9-24(10-12-25)13-15-5-7-22-8-6-15/h1-8H,9-14H2/p+1. The Morgan fingerprint density at radius 3 is 2.48 bits per heavy atom. The van der Waals surface area contributed by atoms with Gasteiger partial charge in [-0.3, -0.25) is 9.78 Å². The molecule has 150 valence electrons. The molecule has 9 heteroatoms. The highest BCUT2D eigenvalue weighted by Crippen LogP contribution is 2.15. The number of halogens is 1. The number of piperazine rings is 1. The van der Waals surface area contributed by atoms with E-state index < -0.39 is 11.6 Å². The van der Waals surface area contributed by atoms with Crippen molar-refractivity contribution in [1.29, 1.82) is 0 Å². The SMILES string of the molecule is O=C(Cn1nc(-c2ccc(F)cc2)oc1=O)N1CC[NH+](Cc2ccncc2)CC1. The number of rotatable bonds is 5. The summed E-state index contributed by atoms with van der Waals surface area (Å²) in [5.41, 5.74) is 1.69. The lowest BCUT2D eigenvalue weighted by atomic mass is 10.2. The summed E-state index contributed by atoms with van der Waals surface area (Å²) in [6.45, 7) is 3.64. The predicted octanol–water partition coefficient (Wildman–Crippen LogP) is -0.0353. The Bertz CT molecular complexity index is 1020. The molecule has 4 rings (SSSR count). The van der Waals surface area contributed by atoms with Crippen LogP contribution in [0, 0.1) is 5.82 Å². The van der Waals surface area contributed by atoms with Gasteiger partial charge in [-0.25, -0.2) is 9.18 Å². The van der Waals surface area contributed by atoms with Gasteiger partial charge in [-0.2, -0.15) is 4.68 Å². The molecule has 0 radical (unpaired) electrons. The van der Waals surface area contributed by atoms with Crippen molar-refractivity contribution in [3.63, 3.8) is 0 Å². The molecule has 3 heterocycles. The van der Waals surface area contributed by atoms with Crippen molar-refractivity contribution in [2.75, 3.05) is 26.2 Å². The van der Waals surface area contributed by atoms with Crippen LogP contribution in [-0.4, -0.2) is 51.8 Å². The molecule has 1 aliphatic rings. The van der Waals surface area contributed by atoms with Crippen LogP contribution in [0.15, 0.2) is 58.0 Å². The lowest BCUT2D eigenvalue weighted by Gasteiger charge is -2.32. The molecule has 0 unspecified atom stereocenters. The van der Waals surface area contributed by atoms with Crippen molar-refractivity contribution in [1.82, 2.24) is 19.7 Å². The molecule has 1 aliphatic heterocycles. The number of pyridine rings is 1. The highest BCUT2D eigenvalue weighted by molar-refractivity contribution is 5.76. The lowest BCUT2D eigenvalue weighted by molar-refractivity contribution is -0.917. The van der Waals surface area contributed by atoms with Gasteiger partial charge in [-0.05, 0) is 36.4 Å². The van der Waals surface area contributed by atoms with Crippen LogP contribution in [0.3, 0.4) is 0 Å².